The predicted octanol–water partition coefficient (Wildman–Crippen LogP) is 2.43. The topological polar surface area (TPSA) is 116 Å². The number of nitro groups is 1. The van der Waals surface area contributed by atoms with E-state index in [9.17, 15) is 19.7 Å². The third-order valence-electron chi connectivity index (χ3n) is 4.33. The van der Waals surface area contributed by atoms with Crippen LogP contribution in [0.25, 0.3) is 0 Å². The van der Waals surface area contributed by atoms with Crippen molar-refractivity contribution in [2.45, 2.75) is 19.0 Å². The summed E-state index contributed by atoms with van der Waals surface area (Å²) >= 11 is 0. The zero-order valence-corrected chi connectivity index (χ0v) is 13.8. The first-order valence-electron chi connectivity index (χ1n) is 7.73. The molecule has 1 saturated heterocycles. The maximum absolute atomic E-state index is 12.9. The number of non-ortho nitro benzene ring substituents is 1. The molecule has 0 aliphatic carbocycles. The van der Waals surface area contributed by atoms with Crippen molar-refractivity contribution < 1.29 is 14.5 Å². The number of rotatable bonds is 4. The number of nitrogens with zero attached hydrogens (tertiary/aromatic N) is 3. The fourth-order valence-corrected chi connectivity index (χ4v) is 2.83. The summed E-state index contributed by atoms with van der Waals surface area (Å²) in [6.07, 6.45) is 0. The molecule has 0 saturated carbocycles. The fraction of sp³-hybridized carbons (Fsp3) is 0.167. The molecule has 8 nitrogen and oxygen atoms in total. The summed E-state index contributed by atoms with van der Waals surface area (Å²) in [5.41, 5.74) is -0.0257. The smallest absolute Gasteiger partial charge is 0.319 e. The van der Waals surface area contributed by atoms with Crippen molar-refractivity contribution in [2.75, 3.05) is 0 Å². The molecule has 0 bridgehead atoms. The highest BCUT2D eigenvalue weighted by atomic mass is 16.6. The minimum absolute atomic E-state index is 0.0426. The molecule has 1 heterocycles. The minimum atomic E-state index is -1.38. The zero-order valence-electron chi connectivity index (χ0n) is 13.8. The molecule has 1 atom stereocenters. The van der Waals surface area contributed by atoms with Gasteiger partial charge in [0, 0.05) is 12.1 Å². The van der Waals surface area contributed by atoms with Gasteiger partial charge in [-0.1, -0.05) is 24.3 Å². The summed E-state index contributed by atoms with van der Waals surface area (Å²) in [5.74, 6) is -0.493. The zero-order chi connectivity index (χ0) is 18.9. The van der Waals surface area contributed by atoms with Crippen molar-refractivity contribution in [3.63, 3.8) is 0 Å². The highest BCUT2D eigenvalue weighted by molar-refractivity contribution is 6.07. The number of nitrogens with one attached hydrogen (secondary N) is 1. The van der Waals surface area contributed by atoms with Gasteiger partial charge in [0.05, 0.1) is 23.1 Å². The average molecular weight is 350 g/mol. The number of carbonyl (C=O) groups is 2. The molecular weight excluding hydrogens is 336 g/mol. The highest BCUT2D eigenvalue weighted by Gasteiger charge is 2.49. The fourth-order valence-electron chi connectivity index (χ4n) is 2.83. The Hall–Kier alpha value is -3.73. The van der Waals surface area contributed by atoms with Gasteiger partial charge in [-0.25, -0.2) is 4.79 Å². The molecule has 2 aromatic rings. The molecule has 26 heavy (non-hydrogen) atoms. The largest absolute Gasteiger partial charge is 0.325 e. The number of urea groups is 1. The monoisotopic (exact) mass is 350 g/mol. The van der Waals surface area contributed by atoms with Crippen LogP contribution in [0.4, 0.5) is 10.5 Å². The molecule has 1 fully saturated rings. The van der Waals surface area contributed by atoms with Gasteiger partial charge in [0.1, 0.15) is 5.54 Å². The Labute approximate surface area is 148 Å². The van der Waals surface area contributed by atoms with Gasteiger partial charge in [0.15, 0.2) is 0 Å². The van der Waals surface area contributed by atoms with Crippen LogP contribution >= 0.6 is 0 Å². The highest BCUT2D eigenvalue weighted by Crippen LogP contribution is 2.31. The van der Waals surface area contributed by atoms with Crippen molar-refractivity contribution in [2.24, 2.45) is 0 Å². The molecule has 2 aromatic carbocycles. The summed E-state index contributed by atoms with van der Waals surface area (Å²) in [4.78, 5) is 36.7. The van der Waals surface area contributed by atoms with Crippen LogP contribution < -0.4 is 5.32 Å². The summed E-state index contributed by atoms with van der Waals surface area (Å²) in [7, 11) is 0. The second-order valence-corrected chi connectivity index (χ2v) is 6.06. The second kappa shape index (κ2) is 6.29. The van der Waals surface area contributed by atoms with Crippen molar-refractivity contribution in [3.8, 4) is 6.07 Å². The minimum Gasteiger partial charge on any atom is -0.319 e. The third kappa shape index (κ3) is 2.86. The maximum atomic E-state index is 12.9. The van der Waals surface area contributed by atoms with Gasteiger partial charge in [-0.3, -0.25) is 19.8 Å². The normalized spacial score (nSPS) is 19.2. The summed E-state index contributed by atoms with van der Waals surface area (Å²) < 4.78 is 0. The van der Waals surface area contributed by atoms with Crippen molar-refractivity contribution >= 4 is 17.6 Å². The summed E-state index contributed by atoms with van der Waals surface area (Å²) in [6.45, 7) is 1.56. The Morgan fingerprint density at radius 1 is 1.23 bits per heavy atom. The third-order valence-corrected chi connectivity index (χ3v) is 4.33. The lowest BCUT2D eigenvalue weighted by Gasteiger charge is -2.22. The van der Waals surface area contributed by atoms with Gasteiger partial charge in [0.2, 0.25) is 0 Å². The SMILES string of the molecule is CC1(c2cccc([N+](=O)[O-])c2)NC(=O)N(Cc2ccc(C#N)cc2)C1=O. The van der Waals surface area contributed by atoms with Crippen LogP contribution in [-0.4, -0.2) is 21.8 Å². The lowest BCUT2D eigenvalue weighted by atomic mass is 9.91. The van der Waals surface area contributed by atoms with E-state index < -0.39 is 22.4 Å². The van der Waals surface area contributed by atoms with Crippen molar-refractivity contribution in [1.29, 1.82) is 5.26 Å². The van der Waals surface area contributed by atoms with E-state index in [4.69, 9.17) is 5.26 Å². The van der Waals surface area contributed by atoms with Crippen LogP contribution in [0.1, 0.15) is 23.6 Å². The lowest BCUT2D eigenvalue weighted by molar-refractivity contribution is -0.385. The number of benzene rings is 2. The first-order chi connectivity index (χ1) is 12.3. The summed E-state index contributed by atoms with van der Waals surface area (Å²) in [5, 5.41) is 22.4. The first kappa shape index (κ1) is 17.1. The molecule has 3 rings (SSSR count). The molecule has 3 amide bonds. The molecule has 1 aliphatic rings. The molecular formula is C18H14N4O4. The molecule has 1 unspecified atom stereocenters. The van der Waals surface area contributed by atoms with Crippen LogP contribution in [0, 0.1) is 21.4 Å². The Balaban J connectivity index is 1.89. The summed E-state index contributed by atoms with van der Waals surface area (Å²) in [6, 6.07) is 13.6. The van der Waals surface area contributed by atoms with Crippen LogP contribution in [0.3, 0.4) is 0 Å². The standard InChI is InChI=1S/C18H14N4O4/c1-18(14-3-2-4-15(9-14)22(25)26)16(23)21(17(24)20-18)11-13-7-5-12(10-19)6-8-13/h2-9H,11H2,1H3,(H,20,24). The van der Waals surface area contributed by atoms with E-state index in [0.29, 0.717) is 16.7 Å². The number of nitro benzene ring substituents is 1. The predicted molar refractivity (Wildman–Crippen MR) is 90.7 cm³/mol. The molecule has 8 heteroatoms. The molecule has 0 aromatic heterocycles. The Morgan fingerprint density at radius 2 is 1.92 bits per heavy atom. The van der Waals surface area contributed by atoms with Crippen molar-refractivity contribution in [1.82, 2.24) is 10.2 Å². The maximum Gasteiger partial charge on any atom is 0.325 e. The lowest BCUT2D eigenvalue weighted by Crippen LogP contribution is -2.40. The molecule has 0 radical (unpaired) electrons. The molecule has 0 spiro atoms. The number of nitriles is 1. The number of carbonyl (C=O) groups excluding carboxylic acids is 2. The van der Waals surface area contributed by atoms with E-state index >= 15 is 0 Å². The van der Waals surface area contributed by atoms with Gasteiger partial charge >= 0.3 is 6.03 Å². The van der Waals surface area contributed by atoms with E-state index in [1.807, 2.05) is 6.07 Å². The van der Waals surface area contributed by atoms with Crippen LogP contribution in [0.5, 0.6) is 0 Å². The molecule has 1 aliphatic heterocycles. The van der Waals surface area contributed by atoms with Gasteiger partial charge in [-0.05, 0) is 30.2 Å². The average Bonchev–Trinajstić information content (AvgIpc) is 2.86. The molecule has 1 N–H and O–H groups in total. The van der Waals surface area contributed by atoms with E-state index in [1.54, 1.807) is 30.3 Å². The van der Waals surface area contributed by atoms with Crippen LogP contribution in [0.2, 0.25) is 0 Å². The van der Waals surface area contributed by atoms with Gasteiger partial charge in [-0.2, -0.15) is 5.26 Å². The Morgan fingerprint density at radius 3 is 2.54 bits per heavy atom. The Kier molecular flexibility index (Phi) is 4.14. The van der Waals surface area contributed by atoms with Crippen LogP contribution in [-0.2, 0) is 16.9 Å². The number of hydrogen-bond donors (Lipinski definition) is 1. The second-order valence-electron chi connectivity index (χ2n) is 6.06. The van der Waals surface area contributed by atoms with Gasteiger partial charge < -0.3 is 5.32 Å². The van der Waals surface area contributed by atoms with Crippen molar-refractivity contribution in [3.05, 3.63) is 75.3 Å². The Bertz CT molecular complexity index is 948. The van der Waals surface area contributed by atoms with Gasteiger partial charge in [0.25, 0.3) is 11.6 Å². The van der Waals surface area contributed by atoms with E-state index in [0.717, 1.165) is 4.90 Å². The van der Waals surface area contributed by atoms with E-state index in [2.05, 4.69) is 5.32 Å². The number of hydrogen-bond acceptors (Lipinski definition) is 5. The van der Waals surface area contributed by atoms with Gasteiger partial charge in [-0.15, -0.1) is 0 Å². The van der Waals surface area contributed by atoms with Crippen LogP contribution in [0.15, 0.2) is 48.5 Å². The van der Waals surface area contributed by atoms with E-state index in [-0.39, 0.29) is 12.2 Å². The first-order valence-corrected chi connectivity index (χ1v) is 7.73. The molecule has 130 valence electrons. The number of amides is 3. The van der Waals surface area contributed by atoms with E-state index in [1.165, 1.54) is 25.1 Å². The quantitative estimate of drug-likeness (QED) is 0.516. The number of imide groups is 1.